The summed E-state index contributed by atoms with van der Waals surface area (Å²) in [7, 11) is -1.15. The van der Waals surface area contributed by atoms with Crippen LogP contribution in [-0.4, -0.2) is 33.5 Å². The van der Waals surface area contributed by atoms with Crippen molar-refractivity contribution in [1.29, 1.82) is 0 Å². The third kappa shape index (κ3) is 5.08. The van der Waals surface area contributed by atoms with Gasteiger partial charge in [0.05, 0.1) is 24.4 Å². The molecule has 0 radical (unpaired) electrons. The van der Waals surface area contributed by atoms with Crippen LogP contribution in [-0.2, 0) is 21.4 Å². The zero-order valence-electron chi connectivity index (χ0n) is 16.0. The van der Waals surface area contributed by atoms with Crippen molar-refractivity contribution in [3.63, 3.8) is 0 Å². The average molecular weight is 468 g/mol. The Labute approximate surface area is 182 Å². The van der Waals surface area contributed by atoms with E-state index >= 15 is 0 Å². The molecule has 8 nitrogen and oxygen atoms in total. The van der Waals surface area contributed by atoms with E-state index < -0.39 is 15.9 Å². The van der Waals surface area contributed by atoms with Gasteiger partial charge in [-0.15, -0.1) is 11.3 Å². The number of hydrogen-bond donors (Lipinski definition) is 2. The molecule has 0 aliphatic carbocycles. The van der Waals surface area contributed by atoms with Crippen LogP contribution in [0.15, 0.2) is 52.7 Å². The van der Waals surface area contributed by atoms with Crippen molar-refractivity contribution in [2.24, 2.45) is 0 Å². The van der Waals surface area contributed by atoms with Gasteiger partial charge in [0.1, 0.15) is 21.3 Å². The third-order valence-corrected chi connectivity index (χ3v) is 6.42. The second-order valence-corrected chi connectivity index (χ2v) is 8.97. The Bertz CT molecular complexity index is 1160. The highest BCUT2D eigenvalue weighted by Gasteiger charge is 2.22. The maximum absolute atomic E-state index is 12.9. The molecule has 30 heavy (non-hydrogen) atoms. The molecular weight excluding hydrogens is 450 g/mol. The van der Waals surface area contributed by atoms with E-state index in [4.69, 9.17) is 21.1 Å². The number of halogens is 1. The second-order valence-electron chi connectivity index (χ2n) is 5.96. The molecule has 3 rings (SSSR count). The molecule has 2 aromatic carbocycles. The minimum absolute atomic E-state index is 0.114. The Morgan fingerprint density at radius 2 is 1.97 bits per heavy atom. The number of anilines is 2. The number of nitrogens with one attached hydrogen (secondary N) is 2. The number of sulfonamides is 1. The van der Waals surface area contributed by atoms with Crippen LogP contribution < -0.4 is 14.8 Å². The fourth-order valence-electron chi connectivity index (χ4n) is 2.51. The lowest BCUT2D eigenvalue weighted by Crippen LogP contribution is -2.16. The summed E-state index contributed by atoms with van der Waals surface area (Å²) in [5, 5.41) is 5.15. The molecule has 0 saturated carbocycles. The van der Waals surface area contributed by atoms with E-state index in [1.807, 2.05) is 0 Å². The standard InChI is InChI=1S/C19H18ClN3O5S2/c1-27-10-18-22-15(11-29-18)19(24)21-12-7-8-16(28-2)17(9-12)30(25,26)23-14-6-4-3-5-13(14)20/h3-9,11,23H,10H2,1-2H3,(H,21,24). The van der Waals surface area contributed by atoms with Gasteiger partial charge in [-0.1, -0.05) is 23.7 Å². The van der Waals surface area contributed by atoms with Gasteiger partial charge in [-0.05, 0) is 30.3 Å². The van der Waals surface area contributed by atoms with Crippen molar-refractivity contribution in [2.75, 3.05) is 24.3 Å². The van der Waals surface area contributed by atoms with Crippen LogP contribution >= 0.6 is 22.9 Å². The van der Waals surface area contributed by atoms with Crippen molar-refractivity contribution in [3.8, 4) is 5.75 Å². The molecule has 0 aliphatic heterocycles. The van der Waals surface area contributed by atoms with Crippen LogP contribution in [0.2, 0.25) is 5.02 Å². The first-order valence-corrected chi connectivity index (χ1v) is 11.3. The van der Waals surface area contributed by atoms with Gasteiger partial charge < -0.3 is 14.8 Å². The summed E-state index contributed by atoms with van der Waals surface area (Å²) >= 11 is 7.35. The maximum Gasteiger partial charge on any atom is 0.275 e. The molecule has 0 bridgehead atoms. The number of benzene rings is 2. The Morgan fingerprint density at radius 1 is 1.20 bits per heavy atom. The highest BCUT2D eigenvalue weighted by molar-refractivity contribution is 7.92. The predicted octanol–water partition coefficient (Wildman–Crippen LogP) is 4.00. The Hall–Kier alpha value is -2.66. The second kappa shape index (κ2) is 9.43. The van der Waals surface area contributed by atoms with Crippen molar-refractivity contribution >= 4 is 50.2 Å². The highest BCUT2D eigenvalue weighted by Crippen LogP contribution is 2.31. The maximum atomic E-state index is 12.9. The molecular formula is C19H18ClN3O5S2. The van der Waals surface area contributed by atoms with E-state index in [-0.39, 0.29) is 32.7 Å². The van der Waals surface area contributed by atoms with Gasteiger partial charge in [-0.2, -0.15) is 0 Å². The van der Waals surface area contributed by atoms with Crippen LogP contribution in [0.25, 0.3) is 0 Å². The van der Waals surface area contributed by atoms with Crippen molar-refractivity contribution in [3.05, 3.63) is 63.6 Å². The zero-order chi connectivity index (χ0) is 21.7. The normalized spacial score (nSPS) is 11.2. The van der Waals surface area contributed by atoms with Crippen LogP contribution in [0.3, 0.4) is 0 Å². The average Bonchev–Trinajstić information content (AvgIpc) is 3.19. The number of carbonyl (C=O) groups excluding carboxylic acids is 1. The highest BCUT2D eigenvalue weighted by atomic mass is 35.5. The van der Waals surface area contributed by atoms with Crippen LogP contribution in [0, 0.1) is 0 Å². The fourth-order valence-corrected chi connectivity index (χ4v) is 4.77. The molecule has 0 spiro atoms. The summed E-state index contributed by atoms with van der Waals surface area (Å²) in [5.41, 5.74) is 0.701. The number of carbonyl (C=O) groups is 1. The summed E-state index contributed by atoms with van der Waals surface area (Å²) in [5.74, 6) is -0.357. The van der Waals surface area contributed by atoms with Gasteiger partial charge in [0.15, 0.2) is 0 Å². The summed E-state index contributed by atoms with van der Waals surface area (Å²) in [4.78, 5) is 16.5. The number of rotatable bonds is 8. The van der Waals surface area contributed by atoms with E-state index in [9.17, 15) is 13.2 Å². The van der Waals surface area contributed by atoms with E-state index in [1.54, 1.807) is 23.6 Å². The molecule has 0 unspecified atom stereocenters. The van der Waals surface area contributed by atoms with Gasteiger partial charge in [0, 0.05) is 18.2 Å². The largest absolute Gasteiger partial charge is 0.495 e. The van der Waals surface area contributed by atoms with Crippen molar-refractivity contribution in [2.45, 2.75) is 11.5 Å². The van der Waals surface area contributed by atoms with Gasteiger partial charge >= 0.3 is 0 Å². The molecule has 0 aliphatic rings. The van der Waals surface area contributed by atoms with Crippen LogP contribution in [0.4, 0.5) is 11.4 Å². The summed E-state index contributed by atoms with van der Waals surface area (Å²) < 4.78 is 38.5. The van der Waals surface area contributed by atoms with E-state index in [0.717, 1.165) is 0 Å². The molecule has 3 aromatic rings. The first-order chi connectivity index (χ1) is 14.3. The number of nitrogens with zero attached hydrogens (tertiary/aromatic N) is 1. The molecule has 11 heteroatoms. The summed E-state index contributed by atoms with van der Waals surface area (Å²) in [6.07, 6.45) is 0. The minimum atomic E-state index is -4.05. The molecule has 1 aromatic heterocycles. The Morgan fingerprint density at radius 3 is 2.67 bits per heavy atom. The van der Waals surface area contributed by atoms with E-state index in [2.05, 4.69) is 15.0 Å². The number of ether oxygens (including phenoxy) is 2. The van der Waals surface area contributed by atoms with Crippen LogP contribution in [0.5, 0.6) is 5.75 Å². The molecule has 0 fully saturated rings. The van der Waals surface area contributed by atoms with E-state index in [0.29, 0.717) is 11.6 Å². The molecule has 2 N–H and O–H groups in total. The summed E-state index contributed by atoms with van der Waals surface area (Å²) in [6.45, 7) is 0.302. The Kier molecular flexibility index (Phi) is 6.93. The molecule has 0 atom stereocenters. The van der Waals surface area contributed by atoms with E-state index in [1.165, 1.54) is 49.8 Å². The first kappa shape index (κ1) is 22.0. The molecule has 0 saturated heterocycles. The lowest BCUT2D eigenvalue weighted by molar-refractivity contribution is 0.102. The summed E-state index contributed by atoms with van der Waals surface area (Å²) in [6, 6.07) is 10.7. The zero-order valence-corrected chi connectivity index (χ0v) is 18.4. The predicted molar refractivity (Wildman–Crippen MR) is 116 cm³/mol. The first-order valence-electron chi connectivity index (χ1n) is 8.54. The number of hydrogen-bond acceptors (Lipinski definition) is 7. The smallest absolute Gasteiger partial charge is 0.275 e. The number of aromatic nitrogens is 1. The van der Waals surface area contributed by atoms with Gasteiger partial charge in [0.25, 0.3) is 15.9 Å². The number of thiazole rings is 1. The van der Waals surface area contributed by atoms with Crippen molar-refractivity contribution in [1.82, 2.24) is 4.98 Å². The minimum Gasteiger partial charge on any atom is -0.495 e. The quantitative estimate of drug-likeness (QED) is 0.518. The van der Waals surface area contributed by atoms with Gasteiger partial charge in [-0.25, -0.2) is 13.4 Å². The monoisotopic (exact) mass is 467 g/mol. The fraction of sp³-hybridized carbons (Fsp3) is 0.158. The Balaban J connectivity index is 1.87. The number of methoxy groups -OCH3 is 2. The topological polar surface area (TPSA) is 107 Å². The number of amides is 1. The SMILES string of the molecule is COCc1nc(C(=O)Nc2ccc(OC)c(S(=O)(=O)Nc3ccccc3Cl)c2)cs1. The number of para-hydroxylation sites is 1. The lowest BCUT2D eigenvalue weighted by atomic mass is 10.3. The molecule has 1 amide bonds. The van der Waals surface area contributed by atoms with Gasteiger partial charge in [-0.3, -0.25) is 9.52 Å². The van der Waals surface area contributed by atoms with Crippen LogP contribution in [0.1, 0.15) is 15.5 Å². The van der Waals surface area contributed by atoms with Crippen molar-refractivity contribution < 1.29 is 22.7 Å². The molecule has 158 valence electrons. The third-order valence-electron chi connectivity index (χ3n) is 3.88. The lowest BCUT2D eigenvalue weighted by Gasteiger charge is -2.14. The molecule has 1 heterocycles. The van der Waals surface area contributed by atoms with Gasteiger partial charge in [0.2, 0.25) is 0 Å².